The molecular weight excluding hydrogens is 274 g/mol. The Balaban J connectivity index is 0.00000256. The third kappa shape index (κ3) is 7.09. The van der Waals surface area contributed by atoms with Crippen molar-refractivity contribution < 1.29 is 4.79 Å². The number of ketones is 1. The Kier molecular flexibility index (Phi) is 9.93. The molecule has 0 spiro atoms. The number of rotatable bonds is 8. The normalized spacial score (nSPS) is 11.9. The Hall–Kier alpha value is -0.0300. The summed E-state index contributed by atoms with van der Waals surface area (Å²) in [5.41, 5.74) is 7.10. The first kappa shape index (κ1) is 17.0. The van der Waals surface area contributed by atoms with Crippen molar-refractivity contribution in [1.82, 2.24) is 0 Å². The first-order valence-electron chi connectivity index (χ1n) is 5.61. The third-order valence-corrected chi connectivity index (χ3v) is 4.13. The van der Waals surface area contributed by atoms with Crippen molar-refractivity contribution in [2.45, 2.75) is 38.0 Å². The van der Waals surface area contributed by atoms with Crippen molar-refractivity contribution >= 4 is 41.3 Å². The molecule has 0 radical (unpaired) electrons. The molecule has 1 aromatic heterocycles. The minimum atomic E-state index is -0.255. The van der Waals surface area contributed by atoms with Gasteiger partial charge in [0.1, 0.15) is 0 Å². The molecule has 2 N–H and O–H groups in total. The highest BCUT2D eigenvalue weighted by atomic mass is 35.5. The van der Waals surface area contributed by atoms with Crippen LogP contribution >= 0.6 is 35.5 Å². The van der Waals surface area contributed by atoms with Crippen molar-refractivity contribution in [2.24, 2.45) is 5.73 Å². The zero-order chi connectivity index (χ0) is 11.8. The van der Waals surface area contributed by atoms with E-state index in [1.165, 1.54) is 5.56 Å². The first-order valence-corrected chi connectivity index (χ1v) is 7.71. The van der Waals surface area contributed by atoms with E-state index in [-0.39, 0.29) is 24.2 Å². The van der Waals surface area contributed by atoms with Crippen molar-refractivity contribution in [2.75, 3.05) is 5.75 Å². The van der Waals surface area contributed by atoms with Crippen LogP contribution in [0.4, 0.5) is 0 Å². The van der Waals surface area contributed by atoms with Crippen molar-refractivity contribution in [1.29, 1.82) is 0 Å². The molecule has 5 heteroatoms. The van der Waals surface area contributed by atoms with Gasteiger partial charge in [0.05, 0.1) is 11.8 Å². The molecule has 1 atom stereocenters. The maximum Gasteiger partial charge on any atom is 0.159 e. The standard InChI is InChI=1S/C12H19NOS2.ClH/c1-2-3-4-11(13)12(14)9-16-8-10-5-6-15-7-10;/h5-7,11H,2-4,8-9,13H2,1H3;1H. The number of unbranched alkanes of at least 4 members (excludes halogenated alkanes) is 1. The fourth-order valence-corrected chi connectivity index (χ4v) is 3.04. The molecule has 1 heterocycles. The first-order chi connectivity index (χ1) is 7.74. The average molecular weight is 294 g/mol. The molecule has 17 heavy (non-hydrogen) atoms. The molecule has 0 aliphatic heterocycles. The molecule has 0 saturated heterocycles. The van der Waals surface area contributed by atoms with Crippen LogP contribution in [-0.4, -0.2) is 17.6 Å². The second-order valence-electron chi connectivity index (χ2n) is 3.84. The molecule has 2 nitrogen and oxygen atoms in total. The molecular formula is C12H20ClNOS2. The van der Waals surface area contributed by atoms with E-state index in [4.69, 9.17) is 5.73 Å². The Morgan fingerprint density at radius 2 is 2.35 bits per heavy atom. The molecule has 0 aliphatic carbocycles. The molecule has 0 aromatic carbocycles. The highest BCUT2D eigenvalue weighted by molar-refractivity contribution is 7.99. The van der Waals surface area contributed by atoms with Crippen LogP contribution in [-0.2, 0) is 10.5 Å². The fourth-order valence-electron chi connectivity index (χ4n) is 1.34. The van der Waals surface area contributed by atoms with E-state index < -0.39 is 0 Å². The predicted octanol–water partition coefficient (Wildman–Crippen LogP) is 3.49. The zero-order valence-corrected chi connectivity index (χ0v) is 12.5. The van der Waals surface area contributed by atoms with Crippen molar-refractivity contribution in [3.63, 3.8) is 0 Å². The van der Waals surface area contributed by atoms with E-state index in [1.807, 2.05) is 0 Å². The van der Waals surface area contributed by atoms with E-state index in [9.17, 15) is 4.79 Å². The van der Waals surface area contributed by atoms with Gasteiger partial charge in [-0.05, 0) is 28.8 Å². The molecule has 98 valence electrons. The topological polar surface area (TPSA) is 43.1 Å². The number of thioether (sulfide) groups is 1. The highest BCUT2D eigenvalue weighted by Gasteiger charge is 2.12. The minimum Gasteiger partial charge on any atom is -0.321 e. The van der Waals surface area contributed by atoms with Gasteiger partial charge in [0.15, 0.2) is 5.78 Å². The lowest BCUT2D eigenvalue weighted by molar-refractivity contribution is -0.117. The number of hydrogen-bond acceptors (Lipinski definition) is 4. The van der Waals surface area contributed by atoms with E-state index in [0.717, 1.165) is 25.0 Å². The Morgan fingerprint density at radius 3 is 2.94 bits per heavy atom. The lowest BCUT2D eigenvalue weighted by Gasteiger charge is -2.09. The van der Waals surface area contributed by atoms with Gasteiger partial charge in [-0.3, -0.25) is 4.79 Å². The monoisotopic (exact) mass is 293 g/mol. The quantitative estimate of drug-likeness (QED) is 0.798. The van der Waals surface area contributed by atoms with Crippen LogP contribution in [0.1, 0.15) is 31.7 Å². The molecule has 0 fully saturated rings. The lowest BCUT2D eigenvalue weighted by Crippen LogP contribution is -2.31. The molecule has 1 aromatic rings. The van der Waals surface area contributed by atoms with Crippen LogP contribution < -0.4 is 5.73 Å². The summed E-state index contributed by atoms with van der Waals surface area (Å²) in [4.78, 5) is 11.6. The van der Waals surface area contributed by atoms with Gasteiger partial charge in [0.2, 0.25) is 0 Å². The molecule has 0 aliphatic rings. The second kappa shape index (κ2) is 9.95. The number of carbonyl (C=O) groups is 1. The molecule has 1 rings (SSSR count). The van der Waals surface area contributed by atoms with Crippen LogP contribution in [0.5, 0.6) is 0 Å². The molecule has 0 bridgehead atoms. The van der Waals surface area contributed by atoms with Gasteiger partial charge in [0, 0.05) is 5.75 Å². The average Bonchev–Trinajstić information content (AvgIpc) is 2.78. The van der Waals surface area contributed by atoms with Crippen LogP contribution in [0.2, 0.25) is 0 Å². The molecule has 0 saturated carbocycles. The number of hydrogen-bond donors (Lipinski definition) is 1. The SMILES string of the molecule is CCCCC(N)C(=O)CSCc1ccsc1.Cl. The van der Waals surface area contributed by atoms with Crippen molar-refractivity contribution in [3.05, 3.63) is 22.4 Å². The smallest absolute Gasteiger partial charge is 0.159 e. The summed E-state index contributed by atoms with van der Waals surface area (Å²) in [7, 11) is 0. The van der Waals surface area contributed by atoms with Gasteiger partial charge in [0.25, 0.3) is 0 Å². The van der Waals surface area contributed by atoms with Gasteiger partial charge in [-0.2, -0.15) is 11.3 Å². The summed E-state index contributed by atoms with van der Waals surface area (Å²) in [6.45, 7) is 2.11. The summed E-state index contributed by atoms with van der Waals surface area (Å²) in [5.74, 6) is 1.64. The predicted molar refractivity (Wildman–Crippen MR) is 80.2 cm³/mol. The highest BCUT2D eigenvalue weighted by Crippen LogP contribution is 2.15. The van der Waals surface area contributed by atoms with Gasteiger partial charge in [-0.25, -0.2) is 0 Å². The molecule has 1 unspecified atom stereocenters. The summed E-state index contributed by atoms with van der Waals surface area (Å²) in [6.07, 6.45) is 2.97. The third-order valence-electron chi connectivity index (χ3n) is 2.38. The lowest BCUT2D eigenvalue weighted by atomic mass is 10.1. The van der Waals surface area contributed by atoms with Crippen LogP contribution in [0.3, 0.4) is 0 Å². The van der Waals surface area contributed by atoms with Crippen LogP contribution in [0, 0.1) is 0 Å². The largest absolute Gasteiger partial charge is 0.321 e. The van der Waals surface area contributed by atoms with Crippen LogP contribution in [0.15, 0.2) is 16.8 Å². The fraction of sp³-hybridized carbons (Fsp3) is 0.583. The number of nitrogens with two attached hydrogens (primary N) is 1. The van der Waals surface area contributed by atoms with Crippen molar-refractivity contribution in [3.8, 4) is 0 Å². The van der Waals surface area contributed by atoms with Gasteiger partial charge in [-0.15, -0.1) is 24.2 Å². The van der Waals surface area contributed by atoms with E-state index in [2.05, 4.69) is 23.8 Å². The Bertz CT molecular complexity index is 303. The van der Waals surface area contributed by atoms with E-state index in [0.29, 0.717) is 5.75 Å². The number of Topliss-reactive ketones (excluding diaryl/α,β-unsaturated/α-hetero) is 1. The second-order valence-corrected chi connectivity index (χ2v) is 5.61. The van der Waals surface area contributed by atoms with E-state index >= 15 is 0 Å². The number of thiophene rings is 1. The summed E-state index contributed by atoms with van der Waals surface area (Å²) in [6, 6.07) is 1.84. The van der Waals surface area contributed by atoms with Gasteiger partial charge < -0.3 is 5.73 Å². The number of carbonyl (C=O) groups excluding carboxylic acids is 1. The number of halogens is 1. The summed E-state index contributed by atoms with van der Waals surface area (Å²) < 4.78 is 0. The minimum absolute atomic E-state index is 0. The van der Waals surface area contributed by atoms with Gasteiger partial charge in [-0.1, -0.05) is 19.8 Å². The summed E-state index contributed by atoms with van der Waals surface area (Å²) in [5, 5.41) is 4.18. The summed E-state index contributed by atoms with van der Waals surface area (Å²) >= 11 is 3.35. The van der Waals surface area contributed by atoms with Crippen LogP contribution in [0.25, 0.3) is 0 Å². The maximum absolute atomic E-state index is 11.6. The zero-order valence-electron chi connectivity index (χ0n) is 10.1. The Labute approximate surface area is 118 Å². The van der Waals surface area contributed by atoms with Gasteiger partial charge >= 0.3 is 0 Å². The maximum atomic E-state index is 11.6. The van der Waals surface area contributed by atoms with E-state index in [1.54, 1.807) is 23.1 Å². The molecule has 0 amide bonds. The Morgan fingerprint density at radius 1 is 1.59 bits per heavy atom.